The van der Waals surface area contributed by atoms with Gasteiger partial charge >= 0.3 is 0 Å². The van der Waals surface area contributed by atoms with Gasteiger partial charge in [-0.15, -0.1) is 0 Å². The molecule has 1 heterocycles. The first-order valence-corrected chi connectivity index (χ1v) is 4.39. The standard InChI is InChI=1S/C8H7ClN6/c9-7-5-12-6(8(10)14-7)3-1-2-4-13-15-11/h5H,2,4H2,(H2,10,14). The number of nitrogens with two attached hydrogens (primary N) is 1. The smallest absolute Gasteiger partial charge is 0.159 e. The molecule has 1 aromatic rings. The summed E-state index contributed by atoms with van der Waals surface area (Å²) in [6.45, 7) is 0.324. The van der Waals surface area contributed by atoms with Crippen molar-refractivity contribution < 1.29 is 0 Å². The average molecular weight is 223 g/mol. The third kappa shape index (κ3) is 3.73. The van der Waals surface area contributed by atoms with Crippen LogP contribution in [-0.2, 0) is 0 Å². The number of nitrogen functional groups attached to an aromatic ring is 1. The van der Waals surface area contributed by atoms with Gasteiger partial charge in [0.1, 0.15) is 5.15 Å². The lowest BCUT2D eigenvalue weighted by molar-refractivity contribution is 1.01. The van der Waals surface area contributed by atoms with E-state index in [0.717, 1.165) is 0 Å². The summed E-state index contributed by atoms with van der Waals surface area (Å²) in [6, 6.07) is 0. The summed E-state index contributed by atoms with van der Waals surface area (Å²) >= 11 is 5.56. The molecule has 7 heteroatoms. The van der Waals surface area contributed by atoms with Crippen molar-refractivity contribution in [1.82, 2.24) is 9.97 Å². The van der Waals surface area contributed by atoms with E-state index in [-0.39, 0.29) is 11.0 Å². The van der Waals surface area contributed by atoms with E-state index in [9.17, 15) is 0 Å². The number of rotatable bonds is 2. The molecule has 0 unspecified atom stereocenters. The zero-order chi connectivity index (χ0) is 11.1. The summed E-state index contributed by atoms with van der Waals surface area (Å²) < 4.78 is 0. The summed E-state index contributed by atoms with van der Waals surface area (Å²) in [6.07, 6.45) is 1.82. The lowest BCUT2D eigenvalue weighted by Crippen LogP contribution is -1.97. The fourth-order valence-corrected chi connectivity index (χ4v) is 0.914. The summed E-state index contributed by atoms with van der Waals surface area (Å²) in [5.74, 6) is 5.66. The number of anilines is 1. The van der Waals surface area contributed by atoms with E-state index in [1.165, 1.54) is 6.20 Å². The number of aromatic nitrogens is 2. The second-order valence-corrected chi connectivity index (χ2v) is 2.82. The fraction of sp³-hybridized carbons (Fsp3) is 0.250. The number of halogens is 1. The Morgan fingerprint density at radius 3 is 3.13 bits per heavy atom. The topological polar surface area (TPSA) is 101 Å². The van der Waals surface area contributed by atoms with Crippen molar-refractivity contribution in [3.63, 3.8) is 0 Å². The van der Waals surface area contributed by atoms with E-state index >= 15 is 0 Å². The van der Waals surface area contributed by atoms with Crippen LogP contribution in [0.5, 0.6) is 0 Å². The highest BCUT2D eigenvalue weighted by Crippen LogP contribution is 2.08. The number of hydrogen-bond donors (Lipinski definition) is 1. The predicted molar refractivity (Wildman–Crippen MR) is 57.0 cm³/mol. The largest absolute Gasteiger partial charge is 0.381 e. The van der Waals surface area contributed by atoms with Gasteiger partial charge in [-0.1, -0.05) is 22.6 Å². The monoisotopic (exact) mass is 222 g/mol. The third-order valence-electron chi connectivity index (χ3n) is 1.38. The van der Waals surface area contributed by atoms with Crippen LogP contribution < -0.4 is 5.73 Å². The highest BCUT2D eigenvalue weighted by molar-refractivity contribution is 6.29. The van der Waals surface area contributed by atoms with E-state index in [2.05, 4.69) is 31.8 Å². The van der Waals surface area contributed by atoms with E-state index < -0.39 is 0 Å². The molecule has 6 nitrogen and oxygen atoms in total. The van der Waals surface area contributed by atoms with Gasteiger partial charge in [-0.3, -0.25) is 0 Å². The Hall–Kier alpha value is -1.96. The molecule has 2 N–H and O–H groups in total. The maximum atomic E-state index is 8.01. The van der Waals surface area contributed by atoms with Crippen molar-refractivity contribution in [2.45, 2.75) is 6.42 Å². The second kappa shape index (κ2) is 5.70. The van der Waals surface area contributed by atoms with E-state index in [4.69, 9.17) is 22.9 Å². The number of azide groups is 1. The molecule has 0 fully saturated rings. The van der Waals surface area contributed by atoms with Gasteiger partial charge in [-0.05, 0) is 11.5 Å². The minimum atomic E-state index is 0.193. The van der Waals surface area contributed by atoms with Gasteiger partial charge in [0.2, 0.25) is 0 Å². The Labute approximate surface area is 91.1 Å². The molecule has 0 radical (unpaired) electrons. The van der Waals surface area contributed by atoms with Crippen molar-refractivity contribution in [2.24, 2.45) is 5.11 Å². The van der Waals surface area contributed by atoms with Gasteiger partial charge in [0.25, 0.3) is 0 Å². The second-order valence-electron chi connectivity index (χ2n) is 2.43. The van der Waals surface area contributed by atoms with Crippen molar-refractivity contribution in [3.8, 4) is 11.8 Å². The molecular weight excluding hydrogens is 216 g/mol. The molecule has 0 bridgehead atoms. The Balaban J connectivity index is 2.67. The summed E-state index contributed by atoms with van der Waals surface area (Å²) in [5, 5.41) is 3.56. The first-order valence-electron chi connectivity index (χ1n) is 4.02. The average Bonchev–Trinajstić information content (AvgIpc) is 2.20. The van der Waals surface area contributed by atoms with Crippen LogP contribution in [0.1, 0.15) is 12.1 Å². The van der Waals surface area contributed by atoms with Crippen LogP contribution >= 0.6 is 11.6 Å². The van der Waals surface area contributed by atoms with Crippen molar-refractivity contribution >= 4 is 17.4 Å². The van der Waals surface area contributed by atoms with Crippen LogP contribution in [0.25, 0.3) is 10.4 Å². The minimum Gasteiger partial charge on any atom is -0.381 e. The minimum absolute atomic E-state index is 0.193. The zero-order valence-electron chi connectivity index (χ0n) is 7.68. The maximum absolute atomic E-state index is 8.01. The van der Waals surface area contributed by atoms with Crippen LogP contribution in [0.4, 0.5) is 5.82 Å². The molecule has 76 valence electrons. The molecule has 1 rings (SSSR count). The summed E-state index contributed by atoms with van der Waals surface area (Å²) in [7, 11) is 0. The molecule has 0 amide bonds. The Kier molecular flexibility index (Phi) is 4.23. The highest BCUT2D eigenvalue weighted by atomic mass is 35.5. The van der Waals surface area contributed by atoms with Crippen molar-refractivity contribution in [1.29, 1.82) is 0 Å². The van der Waals surface area contributed by atoms with Gasteiger partial charge in [0.15, 0.2) is 11.5 Å². The summed E-state index contributed by atoms with van der Waals surface area (Å²) in [4.78, 5) is 10.3. The fourth-order valence-electron chi connectivity index (χ4n) is 0.774. The Bertz CT molecular complexity index is 454. The quantitative estimate of drug-likeness (QED) is 0.271. The SMILES string of the molecule is [N-]=[N+]=NCCC#Cc1ncc(Cl)nc1N. The van der Waals surface area contributed by atoms with Gasteiger partial charge in [-0.2, -0.15) is 0 Å². The van der Waals surface area contributed by atoms with Gasteiger partial charge in [-0.25, -0.2) is 9.97 Å². The highest BCUT2D eigenvalue weighted by Gasteiger charge is 1.98. The molecule has 15 heavy (non-hydrogen) atoms. The van der Waals surface area contributed by atoms with E-state index in [0.29, 0.717) is 18.7 Å². The molecular formula is C8H7ClN6. The number of hydrogen-bond acceptors (Lipinski definition) is 4. The number of nitrogens with zero attached hydrogens (tertiary/aromatic N) is 5. The first kappa shape index (κ1) is 11.1. The van der Waals surface area contributed by atoms with E-state index in [1.54, 1.807) is 0 Å². The molecule has 0 saturated heterocycles. The van der Waals surface area contributed by atoms with Crippen LogP contribution in [-0.4, -0.2) is 16.5 Å². The van der Waals surface area contributed by atoms with Gasteiger partial charge < -0.3 is 5.73 Å². The molecule has 0 aliphatic rings. The van der Waals surface area contributed by atoms with Crippen LogP contribution in [0.15, 0.2) is 11.3 Å². The van der Waals surface area contributed by atoms with Crippen LogP contribution in [0, 0.1) is 11.8 Å². The van der Waals surface area contributed by atoms with E-state index in [1.807, 2.05) is 0 Å². The van der Waals surface area contributed by atoms with Crippen molar-refractivity contribution in [2.75, 3.05) is 12.3 Å². The molecule has 1 aromatic heterocycles. The normalized spacial score (nSPS) is 8.60. The zero-order valence-corrected chi connectivity index (χ0v) is 8.44. The molecule has 0 spiro atoms. The third-order valence-corrected chi connectivity index (χ3v) is 1.56. The van der Waals surface area contributed by atoms with Gasteiger partial charge in [0, 0.05) is 17.9 Å². The Morgan fingerprint density at radius 2 is 2.47 bits per heavy atom. The molecule has 0 saturated carbocycles. The molecule has 0 aliphatic carbocycles. The van der Waals surface area contributed by atoms with Gasteiger partial charge in [0.05, 0.1) is 6.20 Å². The molecule has 0 atom stereocenters. The first-order chi connectivity index (χ1) is 7.24. The van der Waals surface area contributed by atoms with Crippen molar-refractivity contribution in [3.05, 3.63) is 27.5 Å². The predicted octanol–water partition coefficient (Wildman–Crippen LogP) is 1.76. The molecule has 0 aliphatic heterocycles. The Morgan fingerprint density at radius 1 is 1.67 bits per heavy atom. The maximum Gasteiger partial charge on any atom is 0.159 e. The molecule has 0 aromatic carbocycles. The lowest BCUT2D eigenvalue weighted by Gasteiger charge is -1.95. The van der Waals surface area contributed by atoms with Crippen LogP contribution in [0.2, 0.25) is 5.15 Å². The van der Waals surface area contributed by atoms with Crippen LogP contribution in [0.3, 0.4) is 0 Å². The summed E-state index contributed by atoms with van der Waals surface area (Å²) in [5.41, 5.74) is 13.9. The lowest BCUT2D eigenvalue weighted by atomic mass is 10.3.